The quantitative estimate of drug-likeness (QED) is 0.695. The second-order valence-electron chi connectivity index (χ2n) is 2.99. The fraction of sp³-hybridized carbons (Fsp3) is 0.417. The second-order valence-corrected chi connectivity index (χ2v) is 4.26. The molecule has 0 N–H and O–H groups in total. The molecule has 1 aromatic rings. The highest BCUT2D eigenvalue weighted by Gasteiger charge is 2.10. The fourth-order valence-electron chi connectivity index (χ4n) is 1.25. The molecule has 0 aliphatic rings. The molecule has 1 rings (SSSR count). The van der Waals surface area contributed by atoms with Crippen LogP contribution in [0.3, 0.4) is 0 Å². The summed E-state index contributed by atoms with van der Waals surface area (Å²) in [5.41, 5.74) is 0.695. The van der Waals surface area contributed by atoms with Crippen molar-refractivity contribution in [2.24, 2.45) is 0 Å². The Balaban J connectivity index is 2.77. The largest absolute Gasteiger partial charge is 0.493 e. The van der Waals surface area contributed by atoms with Crippen molar-refractivity contribution >= 4 is 17.5 Å². The standard InChI is InChI=1S/C12H16O2S/c1-3-14-12-8-6-5-7-10(12)11(13)9-15-4-2/h5-8H,3-4,9H2,1-2H3. The molecule has 0 saturated carbocycles. The van der Waals surface area contributed by atoms with Crippen LogP contribution >= 0.6 is 11.8 Å². The van der Waals surface area contributed by atoms with Crippen molar-refractivity contribution in [3.05, 3.63) is 29.8 Å². The summed E-state index contributed by atoms with van der Waals surface area (Å²) in [5, 5.41) is 0. The molecule has 0 bridgehead atoms. The first-order valence-corrected chi connectivity index (χ1v) is 6.27. The Kier molecular flexibility index (Phi) is 5.26. The van der Waals surface area contributed by atoms with Crippen molar-refractivity contribution in [3.8, 4) is 5.75 Å². The van der Waals surface area contributed by atoms with Crippen molar-refractivity contribution in [1.29, 1.82) is 0 Å². The number of carbonyl (C=O) groups is 1. The molecule has 0 heterocycles. The van der Waals surface area contributed by atoms with E-state index in [-0.39, 0.29) is 5.78 Å². The molecule has 0 fully saturated rings. The van der Waals surface area contributed by atoms with E-state index < -0.39 is 0 Å². The molecule has 2 nitrogen and oxygen atoms in total. The zero-order valence-corrected chi connectivity index (χ0v) is 9.97. The van der Waals surface area contributed by atoms with Gasteiger partial charge in [-0.3, -0.25) is 4.79 Å². The van der Waals surface area contributed by atoms with Gasteiger partial charge in [-0.05, 0) is 24.8 Å². The second kappa shape index (κ2) is 6.51. The average Bonchev–Trinajstić information content (AvgIpc) is 2.27. The molecule has 15 heavy (non-hydrogen) atoms. The normalized spacial score (nSPS) is 10.0. The lowest BCUT2D eigenvalue weighted by molar-refractivity contribution is 0.101. The number of benzene rings is 1. The van der Waals surface area contributed by atoms with Crippen molar-refractivity contribution in [2.45, 2.75) is 13.8 Å². The van der Waals surface area contributed by atoms with Crippen LogP contribution < -0.4 is 4.74 Å². The predicted molar refractivity (Wildman–Crippen MR) is 64.9 cm³/mol. The Morgan fingerprint density at radius 2 is 2.07 bits per heavy atom. The van der Waals surface area contributed by atoms with Crippen LogP contribution in [0.2, 0.25) is 0 Å². The van der Waals surface area contributed by atoms with Gasteiger partial charge in [-0.2, -0.15) is 11.8 Å². The van der Waals surface area contributed by atoms with Crippen LogP contribution in [0, 0.1) is 0 Å². The van der Waals surface area contributed by atoms with E-state index in [9.17, 15) is 4.79 Å². The van der Waals surface area contributed by atoms with Gasteiger partial charge in [0.15, 0.2) is 5.78 Å². The Hall–Kier alpha value is -0.960. The number of ether oxygens (including phenoxy) is 1. The van der Waals surface area contributed by atoms with E-state index in [2.05, 4.69) is 0 Å². The maximum Gasteiger partial charge on any atom is 0.176 e. The summed E-state index contributed by atoms with van der Waals surface area (Å²) in [6.45, 7) is 4.56. The zero-order chi connectivity index (χ0) is 11.1. The summed E-state index contributed by atoms with van der Waals surface area (Å²) in [4.78, 5) is 11.8. The van der Waals surface area contributed by atoms with E-state index in [1.165, 1.54) is 0 Å². The molecule has 82 valence electrons. The van der Waals surface area contributed by atoms with Crippen LogP contribution in [-0.4, -0.2) is 23.9 Å². The molecule has 0 aromatic heterocycles. The van der Waals surface area contributed by atoms with Gasteiger partial charge in [0.05, 0.1) is 17.9 Å². The first-order valence-electron chi connectivity index (χ1n) is 5.12. The smallest absolute Gasteiger partial charge is 0.176 e. The number of para-hydroxylation sites is 1. The minimum atomic E-state index is 0.144. The molecule has 1 aromatic carbocycles. The van der Waals surface area contributed by atoms with Crippen LogP contribution in [0.4, 0.5) is 0 Å². The van der Waals surface area contributed by atoms with E-state index in [0.717, 1.165) is 5.75 Å². The van der Waals surface area contributed by atoms with Gasteiger partial charge in [-0.25, -0.2) is 0 Å². The molecule has 3 heteroatoms. The van der Waals surface area contributed by atoms with Crippen molar-refractivity contribution in [2.75, 3.05) is 18.1 Å². The number of carbonyl (C=O) groups excluding carboxylic acids is 1. The number of Topliss-reactive ketones (excluding diaryl/α,β-unsaturated/α-hetero) is 1. The monoisotopic (exact) mass is 224 g/mol. The van der Waals surface area contributed by atoms with E-state index in [4.69, 9.17) is 4.74 Å². The Labute approximate surface area is 95.0 Å². The van der Waals surface area contributed by atoms with Crippen LogP contribution in [0.5, 0.6) is 5.75 Å². The van der Waals surface area contributed by atoms with Gasteiger partial charge in [0.25, 0.3) is 0 Å². The van der Waals surface area contributed by atoms with Crippen LogP contribution in [0.1, 0.15) is 24.2 Å². The topological polar surface area (TPSA) is 26.3 Å². The zero-order valence-electron chi connectivity index (χ0n) is 9.16. The predicted octanol–water partition coefficient (Wildman–Crippen LogP) is 3.02. The summed E-state index contributed by atoms with van der Waals surface area (Å²) in [6, 6.07) is 7.41. The van der Waals surface area contributed by atoms with Crippen LogP contribution in [0.15, 0.2) is 24.3 Å². The Morgan fingerprint density at radius 1 is 1.33 bits per heavy atom. The highest BCUT2D eigenvalue weighted by atomic mass is 32.2. The molecule has 0 unspecified atom stereocenters. The summed E-state index contributed by atoms with van der Waals surface area (Å²) in [6.07, 6.45) is 0. The van der Waals surface area contributed by atoms with Gasteiger partial charge < -0.3 is 4.74 Å². The number of hydrogen-bond acceptors (Lipinski definition) is 3. The Morgan fingerprint density at radius 3 is 2.73 bits per heavy atom. The van der Waals surface area contributed by atoms with Gasteiger partial charge in [0.1, 0.15) is 5.75 Å². The lowest BCUT2D eigenvalue weighted by atomic mass is 10.1. The minimum absolute atomic E-state index is 0.144. The molecular formula is C12H16O2S. The van der Waals surface area contributed by atoms with Crippen molar-refractivity contribution in [3.63, 3.8) is 0 Å². The lowest BCUT2D eigenvalue weighted by Crippen LogP contribution is -2.06. The number of ketones is 1. The molecule has 0 spiro atoms. The number of thioether (sulfide) groups is 1. The summed E-state index contributed by atoms with van der Waals surface area (Å²) in [5.74, 6) is 2.33. The fourth-order valence-corrected chi connectivity index (χ4v) is 1.80. The summed E-state index contributed by atoms with van der Waals surface area (Å²) >= 11 is 1.63. The van der Waals surface area contributed by atoms with E-state index in [0.29, 0.717) is 23.7 Å². The maximum atomic E-state index is 11.8. The van der Waals surface area contributed by atoms with E-state index in [1.54, 1.807) is 11.8 Å². The number of hydrogen-bond donors (Lipinski definition) is 0. The lowest BCUT2D eigenvalue weighted by Gasteiger charge is -2.08. The first kappa shape index (κ1) is 12.1. The van der Waals surface area contributed by atoms with E-state index in [1.807, 2.05) is 38.1 Å². The van der Waals surface area contributed by atoms with Crippen LogP contribution in [-0.2, 0) is 0 Å². The number of rotatable bonds is 6. The van der Waals surface area contributed by atoms with Gasteiger partial charge in [-0.15, -0.1) is 0 Å². The van der Waals surface area contributed by atoms with Crippen LogP contribution in [0.25, 0.3) is 0 Å². The van der Waals surface area contributed by atoms with Gasteiger partial charge >= 0.3 is 0 Å². The van der Waals surface area contributed by atoms with Gasteiger partial charge in [0, 0.05) is 0 Å². The maximum absolute atomic E-state index is 11.8. The highest BCUT2D eigenvalue weighted by Crippen LogP contribution is 2.19. The van der Waals surface area contributed by atoms with E-state index >= 15 is 0 Å². The SMILES string of the molecule is CCOc1ccccc1C(=O)CSCC. The molecule has 0 amide bonds. The molecule has 0 saturated heterocycles. The highest BCUT2D eigenvalue weighted by molar-refractivity contribution is 7.99. The average molecular weight is 224 g/mol. The molecule has 0 aliphatic carbocycles. The molecule has 0 atom stereocenters. The molecule has 0 radical (unpaired) electrons. The van der Waals surface area contributed by atoms with Gasteiger partial charge in [-0.1, -0.05) is 19.1 Å². The van der Waals surface area contributed by atoms with Crippen molar-refractivity contribution in [1.82, 2.24) is 0 Å². The first-order chi connectivity index (χ1) is 7.29. The summed E-state index contributed by atoms with van der Waals surface area (Å²) in [7, 11) is 0. The third kappa shape index (κ3) is 3.59. The Bertz CT molecular complexity index is 323. The van der Waals surface area contributed by atoms with Crippen molar-refractivity contribution < 1.29 is 9.53 Å². The van der Waals surface area contributed by atoms with Gasteiger partial charge in [0.2, 0.25) is 0 Å². The third-order valence-corrected chi connectivity index (χ3v) is 2.80. The molecular weight excluding hydrogens is 208 g/mol. The molecule has 0 aliphatic heterocycles. The third-order valence-electron chi connectivity index (χ3n) is 1.92. The minimum Gasteiger partial charge on any atom is -0.493 e. The summed E-state index contributed by atoms with van der Waals surface area (Å²) < 4.78 is 5.41.